The minimum absolute atomic E-state index is 0.0163. The molecule has 0 spiro atoms. The normalized spacial score (nSPS) is 11.7. The van der Waals surface area contributed by atoms with Crippen LogP contribution in [0, 0.1) is 0 Å². The van der Waals surface area contributed by atoms with Crippen LogP contribution in [0.1, 0.15) is 39.3 Å². The molecule has 20 heavy (non-hydrogen) atoms. The molecule has 0 fully saturated rings. The number of aromatic carboxylic acids is 1. The molecule has 0 saturated heterocycles. The second-order valence-electron chi connectivity index (χ2n) is 4.35. The highest BCUT2D eigenvalue weighted by molar-refractivity contribution is 5.93. The number of carbonyl (C=O) groups is 2. The van der Waals surface area contributed by atoms with E-state index in [-0.39, 0.29) is 17.4 Å². The summed E-state index contributed by atoms with van der Waals surface area (Å²) >= 11 is 0. The highest BCUT2D eigenvalue weighted by Crippen LogP contribution is 2.26. The van der Waals surface area contributed by atoms with Crippen molar-refractivity contribution in [1.29, 1.82) is 0 Å². The summed E-state index contributed by atoms with van der Waals surface area (Å²) in [5, 5.41) is 9.17. The summed E-state index contributed by atoms with van der Waals surface area (Å²) in [5.41, 5.74) is 1.24. The lowest BCUT2D eigenvalue weighted by molar-refractivity contribution is 0.0689. The fourth-order valence-electron chi connectivity index (χ4n) is 1.87. The minimum Gasteiger partial charge on any atom is -0.485 e. The molecule has 0 aliphatic rings. The van der Waals surface area contributed by atoms with E-state index in [1.165, 1.54) is 18.2 Å². The highest BCUT2D eigenvalue weighted by atomic mass is 16.5. The van der Waals surface area contributed by atoms with Gasteiger partial charge in [-0.1, -0.05) is 30.3 Å². The van der Waals surface area contributed by atoms with Gasteiger partial charge in [-0.25, -0.2) is 4.79 Å². The van der Waals surface area contributed by atoms with E-state index >= 15 is 0 Å². The Morgan fingerprint density at radius 2 is 1.90 bits per heavy atom. The first kappa shape index (κ1) is 13.8. The van der Waals surface area contributed by atoms with Gasteiger partial charge < -0.3 is 9.84 Å². The molecular weight excluding hydrogens is 256 g/mol. The molecule has 102 valence electrons. The Morgan fingerprint density at radius 1 is 1.20 bits per heavy atom. The van der Waals surface area contributed by atoms with Gasteiger partial charge in [-0.05, 0) is 30.7 Å². The van der Waals surface area contributed by atoms with E-state index in [1.807, 2.05) is 37.3 Å². The van der Waals surface area contributed by atoms with Crippen molar-refractivity contribution in [2.24, 2.45) is 0 Å². The van der Waals surface area contributed by atoms with Crippen LogP contribution >= 0.6 is 0 Å². The number of ether oxygens (including phenoxy) is 1. The van der Waals surface area contributed by atoms with E-state index in [4.69, 9.17) is 4.74 Å². The molecule has 0 aliphatic carbocycles. The summed E-state index contributed by atoms with van der Waals surface area (Å²) in [5.74, 6) is -0.872. The lowest BCUT2D eigenvalue weighted by atomic mass is 10.1. The number of carboxylic acids is 1. The molecule has 0 saturated carbocycles. The number of aldehydes is 1. The van der Waals surface area contributed by atoms with E-state index in [9.17, 15) is 14.7 Å². The Hall–Kier alpha value is -2.62. The lowest BCUT2D eigenvalue weighted by Gasteiger charge is -2.16. The predicted octanol–water partition coefficient (Wildman–Crippen LogP) is 3.34. The molecule has 1 unspecified atom stereocenters. The molecule has 4 heteroatoms. The summed E-state index contributed by atoms with van der Waals surface area (Å²) in [7, 11) is 0. The number of hydrogen-bond acceptors (Lipinski definition) is 3. The summed E-state index contributed by atoms with van der Waals surface area (Å²) in [6.07, 6.45) is 0.327. The van der Waals surface area contributed by atoms with Crippen LogP contribution in [0.15, 0.2) is 48.5 Å². The van der Waals surface area contributed by atoms with Crippen LogP contribution < -0.4 is 4.74 Å². The van der Waals surface area contributed by atoms with Gasteiger partial charge in [0.15, 0.2) is 0 Å². The van der Waals surface area contributed by atoms with Gasteiger partial charge in [-0.3, -0.25) is 4.79 Å². The highest BCUT2D eigenvalue weighted by Gasteiger charge is 2.15. The number of carbonyl (C=O) groups excluding carboxylic acids is 1. The molecule has 0 aromatic heterocycles. The van der Waals surface area contributed by atoms with Crippen LogP contribution in [0.4, 0.5) is 0 Å². The third-order valence-corrected chi connectivity index (χ3v) is 2.94. The van der Waals surface area contributed by atoms with Gasteiger partial charge in [0, 0.05) is 5.56 Å². The quantitative estimate of drug-likeness (QED) is 0.846. The molecule has 0 amide bonds. The third-order valence-electron chi connectivity index (χ3n) is 2.94. The van der Waals surface area contributed by atoms with E-state index < -0.39 is 5.97 Å². The van der Waals surface area contributed by atoms with Gasteiger partial charge in [0.25, 0.3) is 0 Å². The Balaban J connectivity index is 2.29. The topological polar surface area (TPSA) is 63.6 Å². The maximum atomic E-state index is 11.2. The fraction of sp³-hybridized carbons (Fsp3) is 0.125. The average Bonchev–Trinajstić information content (AvgIpc) is 2.48. The molecular formula is C16H14O4. The van der Waals surface area contributed by atoms with Crippen LogP contribution in [0.5, 0.6) is 5.75 Å². The predicted molar refractivity (Wildman–Crippen MR) is 74.3 cm³/mol. The monoisotopic (exact) mass is 270 g/mol. The van der Waals surface area contributed by atoms with Gasteiger partial charge in [0.1, 0.15) is 23.7 Å². The van der Waals surface area contributed by atoms with Gasteiger partial charge in [0.2, 0.25) is 0 Å². The summed E-state index contributed by atoms with van der Waals surface area (Å²) in [6.45, 7) is 1.84. The largest absolute Gasteiger partial charge is 0.485 e. The number of benzene rings is 2. The second-order valence-corrected chi connectivity index (χ2v) is 4.35. The molecule has 0 heterocycles. The Bertz CT molecular complexity index is 620. The number of rotatable bonds is 5. The number of hydrogen-bond donors (Lipinski definition) is 1. The van der Waals surface area contributed by atoms with Crippen molar-refractivity contribution in [1.82, 2.24) is 0 Å². The lowest BCUT2D eigenvalue weighted by Crippen LogP contribution is -2.08. The molecule has 4 nitrogen and oxygen atoms in total. The first-order chi connectivity index (χ1) is 9.61. The third kappa shape index (κ3) is 3.03. The van der Waals surface area contributed by atoms with E-state index in [0.29, 0.717) is 11.8 Å². The second kappa shape index (κ2) is 6.02. The van der Waals surface area contributed by atoms with E-state index in [0.717, 1.165) is 5.56 Å². The molecule has 2 aromatic carbocycles. The van der Waals surface area contributed by atoms with Gasteiger partial charge in [0.05, 0.1) is 0 Å². The van der Waals surface area contributed by atoms with Crippen LogP contribution in [0.25, 0.3) is 0 Å². The summed E-state index contributed by atoms with van der Waals surface area (Å²) in [6, 6.07) is 13.8. The first-order valence-electron chi connectivity index (χ1n) is 6.16. The minimum atomic E-state index is -1.12. The smallest absolute Gasteiger partial charge is 0.339 e. The van der Waals surface area contributed by atoms with Crippen molar-refractivity contribution >= 4 is 12.3 Å². The molecule has 2 rings (SSSR count). The average molecular weight is 270 g/mol. The van der Waals surface area contributed by atoms with Crippen LogP contribution in [0.3, 0.4) is 0 Å². The van der Waals surface area contributed by atoms with Crippen molar-refractivity contribution < 1.29 is 19.4 Å². The van der Waals surface area contributed by atoms with E-state index in [1.54, 1.807) is 0 Å². The molecule has 1 atom stereocenters. The standard InChI is InChI=1S/C16H14O4/c1-11(13-5-3-2-4-6-13)20-15-8-7-12(10-17)9-14(15)16(18)19/h2-11H,1H3,(H,18,19). The van der Waals surface area contributed by atoms with Crippen LogP contribution in [0.2, 0.25) is 0 Å². The zero-order valence-electron chi connectivity index (χ0n) is 10.9. The molecule has 0 radical (unpaired) electrons. The van der Waals surface area contributed by atoms with Gasteiger partial charge in [-0.15, -0.1) is 0 Å². The zero-order chi connectivity index (χ0) is 14.5. The Labute approximate surface area is 116 Å². The maximum Gasteiger partial charge on any atom is 0.339 e. The molecule has 2 aromatic rings. The van der Waals surface area contributed by atoms with E-state index in [2.05, 4.69) is 0 Å². The summed E-state index contributed by atoms with van der Waals surface area (Å²) in [4.78, 5) is 21.9. The van der Waals surface area contributed by atoms with Crippen LogP contribution in [-0.4, -0.2) is 17.4 Å². The van der Waals surface area contributed by atoms with Gasteiger partial charge >= 0.3 is 5.97 Å². The first-order valence-corrected chi connectivity index (χ1v) is 6.16. The summed E-state index contributed by atoms with van der Waals surface area (Å²) < 4.78 is 5.70. The van der Waals surface area contributed by atoms with Crippen molar-refractivity contribution in [3.8, 4) is 5.75 Å². The van der Waals surface area contributed by atoms with Gasteiger partial charge in [-0.2, -0.15) is 0 Å². The molecule has 0 aliphatic heterocycles. The van der Waals surface area contributed by atoms with Crippen molar-refractivity contribution in [2.75, 3.05) is 0 Å². The Morgan fingerprint density at radius 3 is 2.50 bits per heavy atom. The van der Waals surface area contributed by atoms with Crippen molar-refractivity contribution in [2.45, 2.75) is 13.0 Å². The van der Waals surface area contributed by atoms with Crippen molar-refractivity contribution in [3.05, 3.63) is 65.2 Å². The van der Waals surface area contributed by atoms with Crippen LogP contribution in [-0.2, 0) is 0 Å². The molecule has 0 bridgehead atoms. The number of carboxylic acid groups (broad SMARTS) is 1. The SMILES string of the molecule is CC(Oc1ccc(C=O)cc1C(=O)O)c1ccccc1. The fourth-order valence-corrected chi connectivity index (χ4v) is 1.87. The maximum absolute atomic E-state index is 11.2. The Kier molecular flexibility index (Phi) is 4.15. The molecule has 1 N–H and O–H groups in total. The zero-order valence-corrected chi connectivity index (χ0v) is 10.9. The van der Waals surface area contributed by atoms with Crippen molar-refractivity contribution in [3.63, 3.8) is 0 Å².